The zero-order valence-corrected chi connectivity index (χ0v) is 9.23. The molecule has 0 aliphatic rings. The van der Waals surface area contributed by atoms with Crippen molar-refractivity contribution in [3.05, 3.63) is 30.1 Å². The second-order valence-electron chi connectivity index (χ2n) is 3.18. The number of pyridine rings is 1. The molecule has 6 nitrogen and oxygen atoms in total. The van der Waals surface area contributed by atoms with Crippen LogP contribution in [0.1, 0.15) is 10.4 Å². The summed E-state index contributed by atoms with van der Waals surface area (Å²) in [6.45, 7) is -0.866. The highest BCUT2D eigenvalue weighted by Gasteiger charge is 2.42. The van der Waals surface area contributed by atoms with Crippen molar-refractivity contribution in [1.29, 1.82) is 0 Å². The number of esters is 2. The van der Waals surface area contributed by atoms with Crippen LogP contribution in [0.4, 0.5) is 13.2 Å². The van der Waals surface area contributed by atoms with E-state index >= 15 is 0 Å². The summed E-state index contributed by atoms with van der Waals surface area (Å²) in [6, 6.07) is 2.84. The van der Waals surface area contributed by atoms with E-state index in [-0.39, 0.29) is 5.56 Å². The van der Waals surface area contributed by atoms with Gasteiger partial charge in [0.15, 0.2) is 0 Å². The second-order valence-corrected chi connectivity index (χ2v) is 3.18. The highest BCUT2D eigenvalue weighted by atomic mass is 19.4. The summed E-state index contributed by atoms with van der Waals surface area (Å²) >= 11 is 0. The van der Waals surface area contributed by atoms with Gasteiger partial charge in [-0.25, -0.2) is 9.59 Å². The van der Waals surface area contributed by atoms with E-state index in [0.717, 1.165) is 0 Å². The fourth-order valence-electron chi connectivity index (χ4n) is 0.949. The molecule has 0 radical (unpaired) electrons. The molecule has 1 N–H and O–H groups in total. The zero-order valence-electron chi connectivity index (χ0n) is 9.23. The molecule has 1 heterocycles. The summed E-state index contributed by atoms with van der Waals surface area (Å²) in [5.74, 6) is -4.88. The molecule has 0 saturated heterocycles. The Kier molecular flexibility index (Phi) is 4.56. The molecule has 1 aromatic rings. The Hall–Kier alpha value is -2.45. The highest BCUT2D eigenvalue weighted by Crippen LogP contribution is 2.16. The summed E-state index contributed by atoms with van der Waals surface area (Å²) in [5.41, 5.74) is 0.109. The Morgan fingerprint density at radius 2 is 2.00 bits per heavy atom. The van der Waals surface area contributed by atoms with Gasteiger partial charge in [-0.15, -0.1) is 0 Å². The minimum atomic E-state index is -5.26. The first-order valence-corrected chi connectivity index (χ1v) is 4.81. The van der Waals surface area contributed by atoms with Crippen molar-refractivity contribution in [2.75, 3.05) is 6.54 Å². The fourth-order valence-corrected chi connectivity index (χ4v) is 0.949. The Bertz CT molecular complexity index is 487. The number of aromatic nitrogens is 1. The number of alkyl halides is 3. The topological polar surface area (TPSA) is 85.4 Å². The molecule has 0 aliphatic carbocycles. The molecule has 0 spiro atoms. The van der Waals surface area contributed by atoms with Gasteiger partial charge in [-0.3, -0.25) is 9.78 Å². The SMILES string of the molecule is O=C(CNC(=O)c1cccnc1)OC(=O)C(F)(F)F. The molecule has 1 rings (SSSR count). The van der Waals surface area contributed by atoms with Crippen LogP contribution in [0.25, 0.3) is 0 Å². The van der Waals surface area contributed by atoms with Crippen molar-refractivity contribution >= 4 is 17.8 Å². The largest absolute Gasteiger partial charge is 0.491 e. The monoisotopic (exact) mass is 276 g/mol. The van der Waals surface area contributed by atoms with Crippen molar-refractivity contribution < 1.29 is 32.3 Å². The van der Waals surface area contributed by atoms with Crippen LogP contribution >= 0.6 is 0 Å². The Morgan fingerprint density at radius 3 is 2.53 bits per heavy atom. The number of carbonyl (C=O) groups excluding carboxylic acids is 3. The van der Waals surface area contributed by atoms with Crippen LogP contribution in [0.15, 0.2) is 24.5 Å². The maximum atomic E-state index is 11.8. The standard InChI is InChI=1S/C10H7F3N2O4/c11-10(12,13)9(18)19-7(16)5-15-8(17)6-2-1-3-14-4-6/h1-4H,5H2,(H,15,17). The third-order valence-electron chi connectivity index (χ3n) is 1.75. The molecule has 0 saturated carbocycles. The maximum absolute atomic E-state index is 11.8. The van der Waals surface area contributed by atoms with Gasteiger partial charge in [0.2, 0.25) is 0 Å². The Morgan fingerprint density at radius 1 is 1.32 bits per heavy atom. The van der Waals surface area contributed by atoms with Crippen molar-refractivity contribution in [3.8, 4) is 0 Å². The number of ether oxygens (including phenoxy) is 1. The molecule has 0 unspecified atom stereocenters. The first-order valence-electron chi connectivity index (χ1n) is 4.81. The minimum absolute atomic E-state index is 0.109. The van der Waals surface area contributed by atoms with Crippen molar-refractivity contribution in [2.24, 2.45) is 0 Å². The smallest absolute Gasteiger partial charge is 0.385 e. The molecule has 9 heteroatoms. The molecular formula is C10H7F3N2O4. The molecule has 0 fully saturated rings. The van der Waals surface area contributed by atoms with Gasteiger partial charge in [0.05, 0.1) is 5.56 Å². The first kappa shape index (κ1) is 14.6. The van der Waals surface area contributed by atoms with Crippen LogP contribution in [0.3, 0.4) is 0 Å². The van der Waals surface area contributed by atoms with Crippen LogP contribution in [0, 0.1) is 0 Å². The molecule has 0 atom stereocenters. The van der Waals surface area contributed by atoms with E-state index in [4.69, 9.17) is 0 Å². The van der Waals surface area contributed by atoms with Gasteiger partial charge in [0, 0.05) is 12.4 Å². The van der Waals surface area contributed by atoms with Gasteiger partial charge in [-0.05, 0) is 12.1 Å². The fraction of sp³-hybridized carbons (Fsp3) is 0.200. The van der Waals surface area contributed by atoms with Crippen LogP contribution in [-0.4, -0.2) is 35.6 Å². The number of carbonyl (C=O) groups is 3. The molecule has 0 bridgehead atoms. The van der Waals surface area contributed by atoms with E-state index in [1.165, 1.54) is 24.5 Å². The summed E-state index contributed by atoms with van der Waals surface area (Å²) < 4.78 is 38.7. The van der Waals surface area contributed by atoms with Crippen molar-refractivity contribution in [1.82, 2.24) is 10.3 Å². The molecule has 1 aromatic heterocycles. The lowest BCUT2D eigenvalue weighted by atomic mass is 10.3. The molecule has 102 valence electrons. The summed E-state index contributed by atoms with van der Waals surface area (Å²) in [5, 5.41) is 1.98. The third kappa shape index (κ3) is 4.74. The van der Waals surface area contributed by atoms with E-state index in [1.807, 2.05) is 5.32 Å². The second kappa shape index (κ2) is 5.94. The molecular weight excluding hydrogens is 269 g/mol. The molecule has 0 aliphatic heterocycles. The highest BCUT2D eigenvalue weighted by molar-refractivity contribution is 5.97. The Labute approximate surface area is 104 Å². The summed E-state index contributed by atoms with van der Waals surface area (Å²) in [7, 11) is 0. The van der Waals surface area contributed by atoms with Gasteiger partial charge in [-0.1, -0.05) is 0 Å². The van der Waals surface area contributed by atoms with Gasteiger partial charge >= 0.3 is 18.1 Å². The zero-order chi connectivity index (χ0) is 14.5. The minimum Gasteiger partial charge on any atom is -0.385 e. The number of rotatable bonds is 3. The lowest BCUT2D eigenvalue weighted by Crippen LogP contribution is -2.35. The lowest BCUT2D eigenvalue weighted by Gasteiger charge is -2.06. The number of nitrogens with zero attached hydrogens (tertiary/aromatic N) is 1. The van der Waals surface area contributed by atoms with Crippen LogP contribution in [0.2, 0.25) is 0 Å². The van der Waals surface area contributed by atoms with Crippen LogP contribution in [0.5, 0.6) is 0 Å². The van der Waals surface area contributed by atoms with E-state index in [0.29, 0.717) is 0 Å². The molecule has 19 heavy (non-hydrogen) atoms. The maximum Gasteiger partial charge on any atom is 0.491 e. The average Bonchev–Trinajstić information content (AvgIpc) is 2.35. The van der Waals surface area contributed by atoms with E-state index < -0.39 is 30.6 Å². The van der Waals surface area contributed by atoms with Crippen molar-refractivity contribution in [2.45, 2.75) is 6.18 Å². The molecule has 1 amide bonds. The van der Waals surface area contributed by atoms with Crippen molar-refractivity contribution in [3.63, 3.8) is 0 Å². The predicted molar refractivity (Wildman–Crippen MR) is 53.7 cm³/mol. The van der Waals surface area contributed by atoms with Gasteiger partial charge in [-0.2, -0.15) is 13.2 Å². The summed E-state index contributed by atoms with van der Waals surface area (Å²) in [4.78, 5) is 36.2. The van der Waals surface area contributed by atoms with Gasteiger partial charge < -0.3 is 10.1 Å². The first-order chi connectivity index (χ1) is 8.80. The number of nitrogens with one attached hydrogen (secondary N) is 1. The quantitative estimate of drug-likeness (QED) is 0.639. The normalized spacial score (nSPS) is 10.7. The Balaban J connectivity index is 2.43. The number of halogens is 3. The van der Waals surface area contributed by atoms with E-state index in [9.17, 15) is 27.6 Å². The van der Waals surface area contributed by atoms with E-state index in [1.54, 1.807) is 0 Å². The number of amides is 1. The van der Waals surface area contributed by atoms with Crippen LogP contribution in [-0.2, 0) is 14.3 Å². The lowest BCUT2D eigenvalue weighted by molar-refractivity contribution is -0.201. The third-order valence-corrected chi connectivity index (χ3v) is 1.75. The van der Waals surface area contributed by atoms with Gasteiger partial charge in [0.25, 0.3) is 5.91 Å². The average molecular weight is 276 g/mol. The summed E-state index contributed by atoms with van der Waals surface area (Å²) in [6.07, 6.45) is -2.66. The number of hydrogen-bond acceptors (Lipinski definition) is 5. The van der Waals surface area contributed by atoms with Gasteiger partial charge in [0.1, 0.15) is 6.54 Å². The molecule has 0 aromatic carbocycles. The van der Waals surface area contributed by atoms with E-state index in [2.05, 4.69) is 9.72 Å². The predicted octanol–water partition coefficient (Wildman–Crippen LogP) is 0.444. The van der Waals surface area contributed by atoms with Crippen LogP contribution < -0.4 is 5.32 Å². The number of hydrogen-bond donors (Lipinski definition) is 1.